The summed E-state index contributed by atoms with van der Waals surface area (Å²) in [5.41, 5.74) is 0.863. The van der Waals surface area contributed by atoms with E-state index in [4.69, 9.17) is 16.7 Å². The van der Waals surface area contributed by atoms with Gasteiger partial charge in [-0.3, -0.25) is 4.79 Å². The summed E-state index contributed by atoms with van der Waals surface area (Å²) in [6.45, 7) is 3.72. The lowest BCUT2D eigenvalue weighted by molar-refractivity contribution is -0.142. The second-order valence-electron chi connectivity index (χ2n) is 5.75. The zero-order chi connectivity index (χ0) is 18.1. The van der Waals surface area contributed by atoms with Crippen LogP contribution in [0.4, 0.5) is 4.79 Å². The van der Waals surface area contributed by atoms with Crippen molar-refractivity contribution in [3.63, 3.8) is 0 Å². The molecule has 0 spiro atoms. The fourth-order valence-corrected chi connectivity index (χ4v) is 2.07. The minimum Gasteiger partial charge on any atom is -0.480 e. The number of carbonyl (C=O) groups is 3. The van der Waals surface area contributed by atoms with Crippen LogP contribution in [-0.4, -0.2) is 35.6 Å². The van der Waals surface area contributed by atoms with Gasteiger partial charge in [-0.25, -0.2) is 9.59 Å². The van der Waals surface area contributed by atoms with Gasteiger partial charge in [-0.1, -0.05) is 37.6 Å². The third-order valence-electron chi connectivity index (χ3n) is 3.12. The number of halogens is 1. The molecular formula is C16H22ClN3O4. The lowest BCUT2D eigenvalue weighted by atomic mass is 10.0. The van der Waals surface area contributed by atoms with E-state index < -0.39 is 23.9 Å². The third-order valence-corrected chi connectivity index (χ3v) is 3.37. The summed E-state index contributed by atoms with van der Waals surface area (Å²) in [4.78, 5) is 34.4. The van der Waals surface area contributed by atoms with E-state index in [1.54, 1.807) is 24.3 Å². The molecule has 8 heteroatoms. The highest BCUT2D eigenvalue weighted by molar-refractivity contribution is 6.30. The Morgan fingerprint density at radius 2 is 1.75 bits per heavy atom. The number of rotatable bonds is 8. The predicted octanol–water partition coefficient (Wildman–Crippen LogP) is 1.75. The zero-order valence-electron chi connectivity index (χ0n) is 13.6. The molecule has 0 heterocycles. The second-order valence-corrected chi connectivity index (χ2v) is 6.19. The van der Waals surface area contributed by atoms with Gasteiger partial charge in [0, 0.05) is 11.6 Å². The Morgan fingerprint density at radius 1 is 1.12 bits per heavy atom. The Hall–Kier alpha value is -2.28. The van der Waals surface area contributed by atoms with E-state index in [-0.39, 0.29) is 19.0 Å². The van der Waals surface area contributed by atoms with E-state index in [1.165, 1.54) is 0 Å². The summed E-state index contributed by atoms with van der Waals surface area (Å²) in [6.07, 6.45) is 0.323. The van der Waals surface area contributed by atoms with Gasteiger partial charge in [-0.05, 0) is 30.0 Å². The number of benzene rings is 1. The first-order chi connectivity index (χ1) is 11.3. The molecule has 1 aromatic carbocycles. The van der Waals surface area contributed by atoms with E-state index in [9.17, 15) is 14.4 Å². The number of hydrogen-bond donors (Lipinski definition) is 4. The first kappa shape index (κ1) is 19.8. The smallest absolute Gasteiger partial charge is 0.326 e. The molecule has 4 N–H and O–H groups in total. The summed E-state index contributed by atoms with van der Waals surface area (Å²) < 4.78 is 0. The topological polar surface area (TPSA) is 108 Å². The maximum atomic E-state index is 11.7. The maximum absolute atomic E-state index is 11.7. The van der Waals surface area contributed by atoms with E-state index in [2.05, 4.69) is 16.0 Å². The fourth-order valence-electron chi connectivity index (χ4n) is 1.95. The van der Waals surface area contributed by atoms with E-state index in [0.717, 1.165) is 5.56 Å². The molecule has 0 saturated carbocycles. The first-order valence-electron chi connectivity index (χ1n) is 7.56. The molecule has 0 bridgehead atoms. The number of carboxylic acid groups (broad SMARTS) is 1. The number of amides is 3. The number of nitrogens with one attached hydrogen (secondary N) is 3. The standard InChI is InChI=1S/C16H22ClN3O4/c1-10(2)7-13(15(22)23)20-14(21)9-19-16(24)18-8-11-3-5-12(17)6-4-11/h3-6,10,13H,7-9H2,1-2H3,(H,20,21)(H,22,23)(H2,18,19,24). The van der Waals surface area contributed by atoms with Crippen molar-refractivity contribution >= 4 is 29.5 Å². The molecule has 1 aromatic rings. The van der Waals surface area contributed by atoms with Crippen LogP contribution in [-0.2, 0) is 16.1 Å². The van der Waals surface area contributed by atoms with Crippen LogP contribution in [0.3, 0.4) is 0 Å². The Morgan fingerprint density at radius 3 is 2.29 bits per heavy atom. The average Bonchev–Trinajstić information content (AvgIpc) is 2.51. The van der Waals surface area contributed by atoms with Gasteiger partial charge < -0.3 is 21.1 Å². The molecule has 0 aromatic heterocycles. The van der Waals surface area contributed by atoms with Crippen LogP contribution in [0.25, 0.3) is 0 Å². The molecule has 0 aliphatic heterocycles. The van der Waals surface area contributed by atoms with Crippen LogP contribution in [0, 0.1) is 5.92 Å². The van der Waals surface area contributed by atoms with Crippen molar-refractivity contribution in [2.24, 2.45) is 5.92 Å². The highest BCUT2D eigenvalue weighted by Gasteiger charge is 2.21. The summed E-state index contributed by atoms with van der Waals surface area (Å²) in [6, 6.07) is 5.50. The van der Waals surface area contributed by atoms with E-state index in [0.29, 0.717) is 11.4 Å². The van der Waals surface area contributed by atoms with Gasteiger partial charge in [0.2, 0.25) is 5.91 Å². The molecule has 0 radical (unpaired) electrons. The van der Waals surface area contributed by atoms with Crippen molar-refractivity contribution < 1.29 is 19.5 Å². The Kier molecular flexibility index (Phi) is 8.05. The monoisotopic (exact) mass is 355 g/mol. The van der Waals surface area contributed by atoms with Crippen molar-refractivity contribution in [2.75, 3.05) is 6.54 Å². The van der Waals surface area contributed by atoms with Crippen LogP contribution in [0.5, 0.6) is 0 Å². The van der Waals surface area contributed by atoms with Gasteiger partial charge in [-0.2, -0.15) is 0 Å². The van der Waals surface area contributed by atoms with Crippen LogP contribution in [0.1, 0.15) is 25.8 Å². The summed E-state index contributed by atoms with van der Waals surface area (Å²) >= 11 is 5.77. The molecule has 0 saturated heterocycles. The van der Waals surface area contributed by atoms with E-state index >= 15 is 0 Å². The molecule has 0 aliphatic carbocycles. The average molecular weight is 356 g/mol. The summed E-state index contributed by atoms with van der Waals surface area (Å²) in [5, 5.41) is 17.0. The van der Waals surface area contributed by atoms with Crippen LogP contribution in [0.15, 0.2) is 24.3 Å². The molecule has 1 atom stereocenters. The maximum Gasteiger partial charge on any atom is 0.326 e. The Balaban J connectivity index is 2.33. The number of carboxylic acids is 1. The van der Waals surface area contributed by atoms with Crippen molar-refractivity contribution in [1.82, 2.24) is 16.0 Å². The third kappa shape index (κ3) is 7.82. The van der Waals surface area contributed by atoms with E-state index in [1.807, 2.05) is 13.8 Å². The van der Waals surface area contributed by atoms with Crippen molar-refractivity contribution in [3.05, 3.63) is 34.9 Å². The number of aliphatic carboxylic acids is 1. The van der Waals surface area contributed by atoms with Gasteiger partial charge in [-0.15, -0.1) is 0 Å². The molecular weight excluding hydrogens is 334 g/mol. The second kappa shape index (κ2) is 9.77. The lowest BCUT2D eigenvalue weighted by Crippen LogP contribution is -2.47. The largest absolute Gasteiger partial charge is 0.480 e. The Bertz CT molecular complexity index is 575. The minimum absolute atomic E-state index is 0.127. The normalized spacial score (nSPS) is 11.7. The molecule has 0 fully saturated rings. The van der Waals surface area contributed by atoms with Gasteiger partial charge in [0.25, 0.3) is 0 Å². The molecule has 1 unspecified atom stereocenters. The lowest BCUT2D eigenvalue weighted by Gasteiger charge is -2.16. The summed E-state index contributed by atoms with van der Waals surface area (Å²) in [7, 11) is 0. The predicted molar refractivity (Wildman–Crippen MR) is 90.7 cm³/mol. The molecule has 0 aliphatic rings. The fraction of sp³-hybridized carbons (Fsp3) is 0.438. The van der Waals surface area contributed by atoms with Crippen LogP contribution >= 0.6 is 11.6 Å². The SMILES string of the molecule is CC(C)CC(NC(=O)CNC(=O)NCc1ccc(Cl)cc1)C(=O)O. The molecule has 7 nitrogen and oxygen atoms in total. The number of urea groups is 1. The van der Waals surface area contributed by atoms with Gasteiger partial charge in [0.15, 0.2) is 0 Å². The number of hydrogen-bond acceptors (Lipinski definition) is 3. The highest BCUT2D eigenvalue weighted by atomic mass is 35.5. The van der Waals surface area contributed by atoms with Gasteiger partial charge >= 0.3 is 12.0 Å². The highest BCUT2D eigenvalue weighted by Crippen LogP contribution is 2.09. The quantitative estimate of drug-likeness (QED) is 0.569. The minimum atomic E-state index is -1.09. The van der Waals surface area contributed by atoms with Crippen molar-refractivity contribution in [3.8, 4) is 0 Å². The van der Waals surface area contributed by atoms with Crippen molar-refractivity contribution in [1.29, 1.82) is 0 Å². The van der Waals surface area contributed by atoms with Crippen molar-refractivity contribution in [2.45, 2.75) is 32.9 Å². The van der Waals surface area contributed by atoms with Gasteiger partial charge in [0.05, 0.1) is 6.54 Å². The molecule has 24 heavy (non-hydrogen) atoms. The summed E-state index contributed by atoms with van der Waals surface area (Å²) in [5.74, 6) is -1.52. The molecule has 1 rings (SSSR count). The molecule has 132 valence electrons. The number of carbonyl (C=O) groups excluding carboxylic acids is 2. The Labute approximate surface area is 145 Å². The van der Waals surface area contributed by atoms with Gasteiger partial charge in [0.1, 0.15) is 6.04 Å². The zero-order valence-corrected chi connectivity index (χ0v) is 14.4. The first-order valence-corrected chi connectivity index (χ1v) is 7.94. The van der Waals surface area contributed by atoms with Crippen LogP contribution < -0.4 is 16.0 Å². The molecule has 3 amide bonds. The van der Waals surface area contributed by atoms with Crippen LogP contribution in [0.2, 0.25) is 5.02 Å².